The van der Waals surface area contributed by atoms with Crippen LogP contribution in [0.4, 0.5) is 10.6 Å². The lowest BCUT2D eigenvalue weighted by Gasteiger charge is -2.18. The number of alkyl carbamates (subject to hydrolysis) is 1. The van der Waals surface area contributed by atoms with Gasteiger partial charge in [-0.1, -0.05) is 11.8 Å². The second-order valence-corrected chi connectivity index (χ2v) is 5.57. The lowest BCUT2D eigenvalue weighted by molar-refractivity contribution is 0.0535. The molecule has 1 aliphatic rings. The third-order valence-corrected chi connectivity index (χ3v) is 2.61. The minimum absolute atomic E-state index is 0.254. The second kappa shape index (κ2) is 5.83. The average molecular weight is 273 g/mol. The number of rotatable bonds is 1. The van der Waals surface area contributed by atoms with Gasteiger partial charge in [0.2, 0.25) is 0 Å². The van der Waals surface area contributed by atoms with E-state index in [2.05, 4.69) is 27.5 Å². The van der Waals surface area contributed by atoms with Crippen molar-refractivity contribution in [2.75, 3.05) is 18.4 Å². The molecule has 1 aromatic rings. The van der Waals surface area contributed by atoms with E-state index in [0.29, 0.717) is 0 Å². The summed E-state index contributed by atoms with van der Waals surface area (Å²) in [6.07, 6.45) is 2.26. The van der Waals surface area contributed by atoms with E-state index in [0.717, 1.165) is 24.3 Å². The summed E-state index contributed by atoms with van der Waals surface area (Å²) in [7, 11) is 0. The molecule has 2 N–H and O–H groups in total. The SMILES string of the molecule is CC(C)(C)OC(=O)NCC#Cc1cnc2c(c1)CCN2. The van der Waals surface area contributed by atoms with Gasteiger partial charge in [0.25, 0.3) is 0 Å². The molecule has 0 atom stereocenters. The van der Waals surface area contributed by atoms with Crippen molar-refractivity contribution in [1.82, 2.24) is 10.3 Å². The quantitative estimate of drug-likeness (QED) is 0.767. The van der Waals surface area contributed by atoms with Crippen LogP contribution < -0.4 is 10.6 Å². The Kier molecular flexibility index (Phi) is 4.14. The number of nitrogens with zero attached hydrogens (tertiary/aromatic N) is 1. The van der Waals surface area contributed by atoms with Crippen LogP contribution in [0.5, 0.6) is 0 Å². The van der Waals surface area contributed by atoms with Gasteiger partial charge in [0.15, 0.2) is 0 Å². The first kappa shape index (κ1) is 14.2. The Labute approximate surface area is 119 Å². The number of hydrogen-bond donors (Lipinski definition) is 2. The van der Waals surface area contributed by atoms with Gasteiger partial charge in [0.05, 0.1) is 6.54 Å². The van der Waals surface area contributed by atoms with Crippen molar-refractivity contribution in [2.45, 2.75) is 32.8 Å². The molecule has 0 unspecified atom stereocenters. The first-order valence-corrected chi connectivity index (χ1v) is 6.62. The normalized spacial score (nSPS) is 12.8. The van der Waals surface area contributed by atoms with Gasteiger partial charge >= 0.3 is 6.09 Å². The number of pyridine rings is 1. The van der Waals surface area contributed by atoms with E-state index >= 15 is 0 Å². The molecule has 0 fully saturated rings. The molecule has 0 saturated heterocycles. The average Bonchev–Trinajstić information content (AvgIpc) is 2.79. The Hall–Kier alpha value is -2.22. The Morgan fingerprint density at radius 1 is 1.55 bits per heavy atom. The second-order valence-electron chi connectivity index (χ2n) is 5.57. The maximum atomic E-state index is 11.4. The summed E-state index contributed by atoms with van der Waals surface area (Å²) >= 11 is 0. The topological polar surface area (TPSA) is 63.2 Å². The molecule has 0 radical (unpaired) electrons. The van der Waals surface area contributed by atoms with Crippen molar-refractivity contribution >= 4 is 11.9 Å². The summed E-state index contributed by atoms with van der Waals surface area (Å²) in [6.45, 7) is 6.65. The van der Waals surface area contributed by atoms with Gasteiger partial charge in [-0.05, 0) is 38.8 Å². The molecule has 0 saturated carbocycles. The molecular formula is C15H19N3O2. The monoisotopic (exact) mass is 273 g/mol. The van der Waals surface area contributed by atoms with Crippen LogP contribution >= 0.6 is 0 Å². The first-order valence-electron chi connectivity index (χ1n) is 6.62. The third-order valence-electron chi connectivity index (χ3n) is 2.61. The number of anilines is 1. The maximum Gasteiger partial charge on any atom is 0.408 e. The Balaban J connectivity index is 1.84. The maximum absolute atomic E-state index is 11.4. The van der Waals surface area contributed by atoms with E-state index in [1.54, 1.807) is 6.20 Å². The first-order chi connectivity index (χ1) is 9.44. The van der Waals surface area contributed by atoms with Crippen LogP contribution in [0.25, 0.3) is 0 Å². The van der Waals surface area contributed by atoms with Crippen molar-refractivity contribution < 1.29 is 9.53 Å². The molecule has 2 heterocycles. The summed E-state index contributed by atoms with van der Waals surface area (Å²) in [4.78, 5) is 15.7. The fourth-order valence-electron chi connectivity index (χ4n) is 1.82. The molecular weight excluding hydrogens is 254 g/mol. The number of ether oxygens (including phenoxy) is 1. The molecule has 0 aromatic carbocycles. The van der Waals surface area contributed by atoms with Crippen LogP contribution in [-0.4, -0.2) is 29.8 Å². The van der Waals surface area contributed by atoms with Crippen LogP contribution in [0.2, 0.25) is 0 Å². The van der Waals surface area contributed by atoms with Crippen LogP contribution in [-0.2, 0) is 11.2 Å². The summed E-state index contributed by atoms with van der Waals surface area (Å²) in [5, 5.41) is 5.79. The minimum atomic E-state index is -0.492. The Bertz CT molecular complexity index is 565. The van der Waals surface area contributed by atoms with Crippen molar-refractivity contribution in [2.24, 2.45) is 0 Å². The zero-order chi connectivity index (χ0) is 14.6. The number of carbonyl (C=O) groups excluding carboxylic acids is 1. The van der Waals surface area contributed by atoms with Crippen LogP contribution in [0.1, 0.15) is 31.9 Å². The number of carbonyl (C=O) groups is 1. The van der Waals surface area contributed by atoms with Crippen LogP contribution in [0.3, 0.4) is 0 Å². The zero-order valence-corrected chi connectivity index (χ0v) is 12.0. The molecule has 0 spiro atoms. The predicted octanol–water partition coefficient (Wildman–Crippen LogP) is 1.93. The fourth-order valence-corrected chi connectivity index (χ4v) is 1.82. The minimum Gasteiger partial charge on any atom is -0.444 e. The lowest BCUT2D eigenvalue weighted by Crippen LogP contribution is -2.32. The highest BCUT2D eigenvalue weighted by Crippen LogP contribution is 2.19. The summed E-state index contributed by atoms with van der Waals surface area (Å²) in [5.41, 5.74) is 1.56. The number of nitrogens with one attached hydrogen (secondary N) is 2. The van der Waals surface area contributed by atoms with Gasteiger partial charge in [0, 0.05) is 18.3 Å². The Morgan fingerprint density at radius 2 is 2.35 bits per heavy atom. The molecule has 0 aliphatic carbocycles. The third kappa shape index (κ3) is 4.16. The predicted molar refractivity (Wildman–Crippen MR) is 77.5 cm³/mol. The lowest BCUT2D eigenvalue weighted by atomic mass is 10.2. The van der Waals surface area contributed by atoms with Crippen LogP contribution in [0.15, 0.2) is 12.3 Å². The fraction of sp³-hybridized carbons (Fsp3) is 0.467. The van der Waals surface area contributed by atoms with Crippen molar-refractivity contribution in [3.8, 4) is 11.8 Å². The highest BCUT2D eigenvalue weighted by atomic mass is 16.6. The number of hydrogen-bond acceptors (Lipinski definition) is 4. The van der Waals surface area contributed by atoms with Crippen LogP contribution in [0, 0.1) is 11.8 Å². The molecule has 5 heteroatoms. The molecule has 1 amide bonds. The molecule has 1 aliphatic heterocycles. The molecule has 1 aromatic heterocycles. The van der Waals surface area contributed by atoms with Gasteiger partial charge in [-0.15, -0.1) is 0 Å². The highest BCUT2D eigenvalue weighted by molar-refractivity contribution is 5.68. The van der Waals surface area contributed by atoms with E-state index in [9.17, 15) is 4.79 Å². The van der Waals surface area contributed by atoms with Gasteiger partial charge < -0.3 is 15.4 Å². The van der Waals surface area contributed by atoms with Crippen molar-refractivity contribution in [3.05, 3.63) is 23.4 Å². The molecule has 20 heavy (non-hydrogen) atoms. The number of fused-ring (bicyclic) bond motifs is 1. The van der Waals surface area contributed by atoms with Gasteiger partial charge in [-0.25, -0.2) is 9.78 Å². The van der Waals surface area contributed by atoms with E-state index in [4.69, 9.17) is 4.74 Å². The number of amides is 1. The molecule has 0 bridgehead atoms. The van der Waals surface area contributed by atoms with Gasteiger partial charge in [-0.3, -0.25) is 0 Å². The van der Waals surface area contributed by atoms with E-state index in [1.165, 1.54) is 5.56 Å². The largest absolute Gasteiger partial charge is 0.444 e. The van der Waals surface area contributed by atoms with E-state index in [1.807, 2.05) is 26.8 Å². The molecule has 106 valence electrons. The highest BCUT2D eigenvalue weighted by Gasteiger charge is 2.15. The summed E-state index contributed by atoms with van der Waals surface area (Å²) in [5.74, 6) is 6.82. The van der Waals surface area contributed by atoms with E-state index < -0.39 is 11.7 Å². The van der Waals surface area contributed by atoms with E-state index in [-0.39, 0.29) is 6.54 Å². The Morgan fingerprint density at radius 3 is 3.10 bits per heavy atom. The standard InChI is InChI=1S/C15H19N3O2/c1-15(2,3)20-14(19)17-7-4-5-11-9-12-6-8-16-13(12)18-10-11/h9-10H,6-8H2,1-3H3,(H,16,18)(H,17,19). The number of aromatic nitrogens is 1. The van der Waals surface area contributed by atoms with Crippen molar-refractivity contribution in [3.63, 3.8) is 0 Å². The van der Waals surface area contributed by atoms with Gasteiger partial charge in [-0.2, -0.15) is 0 Å². The molecule has 2 rings (SSSR count). The summed E-state index contributed by atoms with van der Waals surface area (Å²) in [6, 6.07) is 2.03. The van der Waals surface area contributed by atoms with Crippen molar-refractivity contribution in [1.29, 1.82) is 0 Å². The smallest absolute Gasteiger partial charge is 0.408 e. The summed E-state index contributed by atoms with van der Waals surface area (Å²) < 4.78 is 5.11. The zero-order valence-electron chi connectivity index (χ0n) is 12.0. The van der Waals surface area contributed by atoms with Gasteiger partial charge in [0.1, 0.15) is 11.4 Å². The molecule has 5 nitrogen and oxygen atoms in total.